The lowest BCUT2D eigenvalue weighted by Gasteiger charge is -2.38. The molecule has 1 aromatic carbocycles. The number of anilines is 1. The van der Waals surface area contributed by atoms with Crippen LogP contribution in [0.3, 0.4) is 0 Å². The number of benzene rings is 1. The molecule has 1 heterocycles. The van der Waals surface area contributed by atoms with Gasteiger partial charge in [-0.1, -0.05) is 12.1 Å². The van der Waals surface area contributed by atoms with Crippen molar-refractivity contribution in [3.63, 3.8) is 0 Å². The van der Waals surface area contributed by atoms with Gasteiger partial charge < -0.3 is 20.1 Å². The van der Waals surface area contributed by atoms with Gasteiger partial charge in [-0.05, 0) is 39.7 Å². The lowest BCUT2D eigenvalue weighted by atomic mass is 9.99. The molecule has 2 rings (SSSR count). The van der Waals surface area contributed by atoms with Gasteiger partial charge in [0.05, 0.1) is 17.6 Å². The fourth-order valence-corrected chi connectivity index (χ4v) is 3.33. The van der Waals surface area contributed by atoms with Crippen molar-refractivity contribution in [2.24, 2.45) is 0 Å². The van der Waals surface area contributed by atoms with Gasteiger partial charge in [-0.25, -0.2) is 4.79 Å². The maximum absolute atomic E-state index is 12.6. The molecule has 0 aromatic heterocycles. The topological polar surface area (TPSA) is 123 Å². The Bertz CT molecular complexity index is 764. The highest BCUT2D eigenvalue weighted by Crippen LogP contribution is 2.24. The number of hydrogen-bond donors (Lipinski definition) is 2. The molecule has 166 valence electrons. The minimum absolute atomic E-state index is 0.0324. The Hall–Kier alpha value is -2.72. The number of alkyl carbamates (subject to hydrolysis) is 1. The van der Waals surface area contributed by atoms with Crippen molar-refractivity contribution in [3.8, 4) is 0 Å². The van der Waals surface area contributed by atoms with Crippen LogP contribution in [-0.4, -0.2) is 66.3 Å². The number of hydrogen-bond acceptors (Lipinski definition) is 7. The predicted octanol–water partition coefficient (Wildman–Crippen LogP) is 2.54. The minimum Gasteiger partial charge on any atom is -0.444 e. The first-order valence-electron chi connectivity index (χ1n) is 9.86. The Kier molecular flexibility index (Phi) is 8.13. The van der Waals surface area contributed by atoms with Gasteiger partial charge in [-0.3, -0.25) is 19.8 Å². The number of amides is 2. The molecule has 10 heteroatoms. The van der Waals surface area contributed by atoms with Crippen LogP contribution in [0.2, 0.25) is 0 Å². The summed E-state index contributed by atoms with van der Waals surface area (Å²) >= 11 is 0. The molecule has 2 unspecified atom stereocenters. The first-order valence-corrected chi connectivity index (χ1v) is 9.86. The molecular weight excluding hydrogens is 392 g/mol. The first kappa shape index (κ1) is 23.6. The molecule has 0 radical (unpaired) electrons. The maximum atomic E-state index is 12.6. The highest BCUT2D eigenvalue weighted by molar-refractivity contribution is 5.94. The van der Waals surface area contributed by atoms with Gasteiger partial charge in [0.2, 0.25) is 5.91 Å². The highest BCUT2D eigenvalue weighted by Gasteiger charge is 2.31. The van der Waals surface area contributed by atoms with Gasteiger partial charge in [-0.2, -0.15) is 0 Å². The van der Waals surface area contributed by atoms with E-state index in [2.05, 4.69) is 10.6 Å². The number of para-hydroxylation sites is 2. The number of nitrogens with zero attached hydrogens (tertiary/aromatic N) is 2. The molecule has 10 nitrogen and oxygen atoms in total. The molecule has 1 aliphatic heterocycles. The number of nitrogens with one attached hydrogen (secondary N) is 2. The van der Waals surface area contributed by atoms with Crippen LogP contribution in [0.5, 0.6) is 0 Å². The van der Waals surface area contributed by atoms with E-state index < -0.39 is 16.6 Å². The number of carbonyl (C=O) groups is 2. The average Bonchev–Trinajstić information content (AvgIpc) is 2.66. The zero-order valence-corrected chi connectivity index (χ0v) is 17.8. The smallest absolute Gasteiger partial charge is 0.407 e. The van der Waals surface area contributed by atoms with Gasteiger partial charge in [0.15, 0.2) is 0 Å². The lowest BCUT2D eigenvalue weighted by molar-refractivity contribution is -0.383. The highest BCUT2D eigenvalue weighted by atomic mass is 16.6. The summed E-state index contributed by atoms with van der Waals surface area (Å²) in [5, 5.41) is 16.5. The Balaban J connectivity index is 1.99. The number of nitro benzene ring substituents is 1. The van der Waals surface area contributed by atoms with Crippen molar-refractivity contribution in [2.45, 2.75) is 51.4 Å². The number of piperidine rings is 1. The van der Waals surface area contributed by atoms with Crippen molar-refractivity contribution in [1.82, 2.24) is 10.2 Å². The van der Waals surface area contributed by atoms with E-state index in [1.807, 2.05) is 4.90 Å². The van der Waals surface area contributed by atoms with Crippen molar-refractivity contribution in [3.05, 3.63) is 34.4 Å². The molecule has 1 aromatic rings. The number of nitro groups is 1. The summed E-state index contributed by atoms with van der Waals surface area (Å²) in [4.78, 5) is 37.1. The molecule has 0 bridgehead atoms. The van der Waals surface area contributed by atoms with Crippen LogP contribution in [0, 0.1) is 10.1 Å². The van der Waals surface area contributed by atoms with Gasteiger partial charge in [0.1, 0.15) is 11.3 Å². The second-order valence-corrected chi connectivity index (χ2v) is 8.21. The van der Waals surface area contributed by atoms with Crippen LogP contribution in [-0.2, 0) is 14.3 Å². The van der Waals surface area contributed by atoms with E-state index in [0.29, 0.717) is 19.5 Å². The SMILES string of the molecule is COC1CCN(CC(=O)Nc2ccccc2[N+](=O)[O-])C(CNC(=O)OC(C)(C)C)C1. The largest absolute Gasteiger partial charge is 0.444 e. The molecule has 1 saturated heterocycles. The lowest BCUT2D eigenvalue weighted by Crippen LogP contribution is -2.52. The summed E-state index contributed by atoms with van der Waals surface area (Å²) in [7, 11) is 1.64. The molecule has 2 atom stereocenters. The number of likely N-dealkylation sites (tertiary alicyclic amines) is 1. The van der Waals surface area contributed by atoms with Gasteiger partial charge in [0, 0.05) is 32.3 Å². The fraction of sp³-hybridized carbons (Fsp3) is 0.600. The molecule has 0 spiro atoms. The van der Waals surface area contributed by atoms with Crippen LogP contribution >= 0.6 is 0 Å². The summed E-state index contributed by atoms with van der Waals surface area (Å²) in [5.74, 6) is -0.359. The van der Waals surface area contributed by atoms with Crippen LogP contribution < -0.4 is 10.6 Å². The average molecular weight is 422 g/mol. The van der Waals surface area contributed by atoms with E-state index in [1.54, 1.807) is 40.0 Å². The number of rotatable bonds is 7. The van der Waals surface area contributed by atoms with E-state index in [1.165, 1.54) is 12.1 Å². The standard InChI is InChI=1S/C20H30N4O6/c1-20(2,3)30-19(26)21-12-14-11-15(29-4)9-10-23(14)13-18(25)22-16-7-5-6-8-17(16)24(27)28/h5-8,14-15H,9-13H2,1-4H3,(H,21,26)(H,22,25). The molecule has 0 saturated carbocycles. The van der Waals surface area contributed by atoms with Crippen LogP contribution in [0.1, 0.15) is 33.6 Å². The van der Waals surface area contributed by atoms with Crippen LogP contribution in [0.15, 0.2) is 24.3 Å². The van der Waals surface area contributed by atoms with E-state index in [-0.39, 0.29) is 36.0 Å². The molecular formula is C20H30N4O6. The third-order valence-electron chi connectivity index (χ3n) is 4.73. The molecule has 1 aliphatic rings. The number of carbonyl (C=O) groups excluding carboxylic acids is 2. The zero-order chi connectivity index (χ0) is 22.3. The van der Waals surface area contributed by atoms with E-state index in [0.717, 1.165) is 6.42 Å². The van der Waals surface area contributed by atoms with Gasteiger partial charge in [-0.15, -0.1) is 0 Å². The maximum Gasteiger partial charge on any atom is 0.407 e. The van der Waals surface area contributed by atoms with Gasteiger partial charge in [0.25, 0.3) is 5.69 Å². The Morgan fingerprint density at radius 3 is 2.63 bits per heavy atom. The normalized spacial score (nSPS) is 19.7. The summed E-state index contributed by atoms with van der Waals surface area (Å²) in [5.41, 5.74) is -0.606. The second kappa shape index (κ2) is 10.4. The summed E-state index contributed by atoms with van der Waals surface area (Å²) < 4.78 is 10.7. The van der Waals surface area contributed by atoms with E-state index in [9.17, 15) is 19.7 Å². The Morgan fingerprint density at radius 1 is 1.30 bits per heavy atom. The Labute approximate surface area is 176 Å². The predicted molar refractivity (Wildman–Crippen MR) is 111 cm³/mol. The van der Waals surface area contributed by atoms with Crippen molar-refractivity contribution in [1.29, 1.82) is 0 Å². The monoisotopic (exact) mass is 422 g/mol. The molecule has 1 fully saturated rings. The van der Waals surface area contributed by atoms with E-state index in [4.69, 9.17) is 9.47 Å². The molecule has 30 heavy (non-hydrogen) atoms. The third kappa shape index (κ3) is 7.27. The van der Waals surface area contributed by atoms with Crippen molar-refractivity contribution < 1.29 is 24.0 Å². The van der Waals surface area contributed by atoms with Crippen molar-refractivity contribution >= 4 is 23.4 Å². The zero-order valence-electron chi connectivity index (χ0n) is 17.8. The fourth-order valence-electron chi connectivity index (χ4n) is 3.33. The quantitative estimate of drug-likeness (QED) is 0.511. The molecule has 2 N–H and O–H groups in total. The first-order chi connectivity index (χ1) is 14.1. The molecule has 0 aliphatic carbocycles. The van der Waals surface area contributed by atoms with Gasteiger partial charge >= 0.3 is 6.09 Å². The second-order valence-electron chi connectivity index (χ2n) is 8.21. The number of ether oxygens (including phenoxy) is 2. The van der Waals surface area contributed by atoms with Crippen LogP contribution in [0.4, 0.5) is 16.2 Å². The number of methoxy groups -OCH3 is 1. The summed E-state index contributed by atoms with van der Waals surface area (Å²) in [6.07, 6.45) is 0.903. The minimum atomic E-state index is -0.602. The van der Waals surface area contributed by atoms with Crippen molar-refractivity contribution in [2.75, 3.05) is 32.1 Å². The van der Waals surface area contributed by atoms with E-state index >= 15 is 0 Å². The molecule has 2 amide bonds. The van der Waals surface area contributed by atoms with Crippen LogP contribution in [0.25, 0.3) is 0 Å². The summed E-state index contributed by atoms with van der Waals surface area (Å²) in [6.45, 7) is 6.30. The third-order valence-corrected chi connectivity index (χ3v) is 4.73. The Morgan fingerprint density at radius 2 is 2.00 bits per heavy atom. The summed E-state index contributed by atoms with van der Waals surface area (Å²) in [6, 6.07) is 5.87.